The molecular formula is C21H36IN5O. The van der Waals surface area contributed by atoms with Crippen LogP contribution < -0.4 is 10.6 Å². The lowest BCUT2D eigenvalue weighted by Gasteiger charge is -2.41. The van der Waals surface area contributed by atoms with E-state index in [2.05, 4.69) is 34.4 Å². The molecule has 0 atom stereocenters. The van der Waals surface area contributed by atoms with Crippen LogP contribution in [0.4, 0.5) is 0 Å². The molecule has 158 valence electrons. The number of likely N-dealkylation sites (tertiary alicyclic amines) is 1. The lowest BCUT2D eigenvalue weighted by atomic mass is 9.98. The fourth-order valence-corrected chi connectivity index (χ4v) is 3.34. The van der Waals surface area contributed by atoms with Crippen LogP contribution in [0.3, 0.4) is 0 Å². The zero-order chi connectivity index (χ0) is 19.9. The van der Waals surface area contributed by atoms with Crippen LogP contribution in [-0.2, 0) is 6.54 Å². The third kappa shape index (κ3) is 7.24. The molecule has 0 aliphatic carbocycles. The van der Waals surface area contributed by atoms with E-state index >= 15 is 0 Å². The minimum absolute atomic E-state index is 0. The summed E-state index contributed by atoms with van der Waals surface area (Å²) in [6.07, 6.45) is 3.94. The van der Waals surface area contributed by atoms with Gasteiger partial charge in [0.2, 0.25) is 0 Å². The number of hydrogen-bond acceptors (Lipinski definition) is 3. The van der Waals surface area contributed by atoms with Crippen LogP contribution in [0.5, 0.6) is 0 Å². The van der Waals surface area contributed by atoms with Gasteiger partial charge in [-0.05, 0) is 57.5 Å². The summed E-state index contributed by atoms with van der Waals surface area (Å²) in [7, 11) is 5.32. The standard InChI is InChI=1S/C21H35N5O.HI/c1-21(2,26-13-7-6-8-14-26)16-24-20(22-3)23-15-17-9-11-18(12-10-17)19(27)25(4)5;/h9-12H,6-8,13-16H2,1-5H3,(H2,22,23,24);1H. The minimum atomic E-state index is 0. The Balaban J connectivity index is 0.00000392. The molecule has 1 fully saturated rings. The molecule has 0 saturated carbocycles. The Labute approximate surface area is 187 Å². The number of carbonyl (C=O) groups excluding carboxylic acids is 1. The lowest BCUT2D eigenvalue weighted by molar-refractivity contribution is 0.0827. The van der Waals surface area contributed by atoms with Crippen molar-refractivity contribution in [3.05, 3.63) is 35.4 Å². The first kappa shape index (κ1) is 24.7. The van der Waals surface area contributed by atoms with Crippen molar-refractivity contribution in [1.29, 1.82) is 0 Å². The Morgan fingerprint density at radius 2 is 1.71 bits per heavy atom. The summed E-state index contributed by atoms with van der Waals surface area (Å²) < 4.78 is 0. The zero-order valence-electron chi connectivity index (χ0n) is 17.9. The molecule has 2 N–H and O–H groups in total. The molecule has 6 nitrogen and oxygen atoms in total. The predicted octanol–water partition coefficient (Wildman–Crippen LogP) is 2.94. The van der Waals surface area contributed by atoms with Gasteiger partial charge in [-0.2, -0.15) is 0 Å². The maximum Gasteiger partial charge on any atom is 0.253 e. The van der Waals surface area contributed by atoms with Gasteiger partial charge in [0.15, 0.2) is 5.96 Å². The lowest BCUT2D eigenvalue weighted by Crippen LogP contribution is -2.54. The van der Waals surface area contributed by atoms with Crippen LogP contribution in [-0.4, -0.2) is 68.0 Å². The molecule has 1 amide bonds. The molecule has 0 unspecified atom stereocenters. The molecule has 1 aliphatic rings. The first-order valence-corrected chi connectivity index (χ1v) is 9.83. The summed E-state index contributed by atoms with van der Waals surface area (Å²) in [6.45, 7) is 8.46. The van der Waals surface area contributed by atoms with Crippen molar-refractivity contribution in [1.82, 2.24) is 20.4 Å². The second-order valence-electron chi connectivity index (χ2n) is 8.04. The van der Waals surface area contributed by atoms with Crippen molar-refractivity contribution < 1.29 is 4.79 Å². The molecule has 0 bridgehead atoms. The average Bonchev–Trinajstić information content (AvgIpc) is 2.68. The van der Waals surface area contributed by atoms with Crippen molar-refractivity contribution in [2.24, 2.45) is 4.99 Å². The van der Waals surface area contributed by atoms with Crippen molar-refractivity contribution >= 4 is 35.8 Å². The molecule has 0 aromatic heterocycles. The molecule has 1 aliphatic heterocycles. The molecule has 1 heterocycles. The van der Waals surface area contributed by atoms with E-state index in [0.29, 0.717) is 12.1 Å². The highest BCUT2D eigenvalue weighted by molar-refractivity contribution is 14.0. The molecule has 28 heavy (non-hydrogen) atoms. The van der Waals surface area contributed by atoms with Crippen LogP contribution in [0, 0.1) is 0 Å². The number of guanidine groups is 1. The number of carbonyl (C=O) groups is 1. The van der Waals surface area contributed by atoms with Gasteiger partial charge >= 0.3 is 0 Å². The molecule has 2 rings (SSSR count). The van der Waals surface area contributed by atoms with Gasteiger partial charge < -0.3 is 15.5 Å². The van der Waals surface area contributed by atoms with E-state index in [9.17, 15) is 4.79 Å². The highest BCUT2D eigenvalue weighted by Crippen LogP contribution is 2.19. The van der Waals surface area contributed by atoms with Crippen molar-refractivity contribution in [2.75, 3.05) is 40.8 Å². The number of hydrogen-bond donors (Lipinski definition) is 2. The van der Waals surface area contributed by atoms with Crippen molar-refractivity contribution in [3.63, 3.8) is 0 Å². The number of benzene rings is 1. The van der Waals surface area contributed by atoms with Gasteiger partial charge in [0, 0.05) is 45.3 Å². The monoisotopic (exact) mass is 501 g/mol. The van der Waals surface area contributed by atoms with Gasteiger partial charge in [0.05, 0.1) is 0 Å². The summed E-state index contributed by atoms with van der Waals surface area (Å²) in [6, 6.07) is 7.70. The van der Waals surface area contributed by atoms with E-state index in [1.165, 1.54) is 32.4 Å². The molecule has 1 aromatic rings. The van der Waals surface area contributed by atoms with Crippen molar-refractivity contribution in [3.8, 4) is 0 Å². The maximum absolute atomic E-state index is 12.0. The van der Waals surface area contributed by atoms with Crippen LogP contribution in [0.1, 0.15) is 49.0 Å². The van der Waals surface area contributed by atoms with E-state index in [0.717, 1.165) is 18.1 Å². The maximum atomic E-state index is 12.0. The Bertz CT molecular complexity index is 637. The summed E-state index contributed by atoms with van der Waals surface area (Å²) >= 11 is 0. The van der Waals surface area contributed by atoms with E-state index in [4.69, 9.17) is 0 Å². The summed E-state index contributed by atoms with van der Waals surface area (Å²) in [5.74, 6) is 0.820. The summed E-state index contributed by atoms with van der Waals surface area (Å²) in [4.78, 5) is 20.4. The van der Waals surface area contributed by atoms with Crippen LogP contribution in [0.15, 0.2) is 29.3 Å². The molecule has 0 spiro atoms. The fraction of sp³-hybridized carbons (Fsp3) is 0.619. The van der Waals surface area contributed by atoms with Gasteiger partial charge in [0.25, 0.3) is 5.91 Å². The number of rotatable bonds is 6. The van der Waals surface area contributed by atoms with Gasteiger partial charge in [-0.3, -0.25) is 14.7 Å². The second-order valence-corrected chi connectivity index (χ2v) is 8.04. The molecule has 1 aromatic carbocycles. The molecule has 0 radical (unpaired) electrons. The predicted molar refractivity (Wildman–Crippen MR) is 128 cm³/mol. The highest BCUT2D eigenvalue weighted by atomic mass is 127. The molecule has 1 saturated heterocycles. The van der Waals surface area contributed by atoms with E-state index in [1.54, 1.807) is 26.0 Å². The first-order valence-electron chi connectivity index (χ1n) is 9.83. The largest absolute Gasteiger partial charge is 0.355 e. The second kappa shape index (κ2) is 11.6. The molecule has 7 heteroatoms. The number of nitrogens with zero attached hydrogens (tertiary/aromatic N) is 3. The normalized spacial score (nSPS) is 15.5. The van der Waals surface area contributed by atoms with Gasteiger partial charge in [0.1, 0.15) is 0 Å². The third-order valence-electron chi connectivity index (χ3n) is 5.19. The van der Waals surface area contributed by atoms with Crippen LogP contribution in [0.2, 0.25) is 0 Å². The minimum Gasteiger partial charge on any atom is -0.355 e. The number of amides is 1. The van der Waals surface area contributed by atoms with Crippen molar-refractivity contribution in [2.45, 2.75) is 45.2 Å². The topological polar surface area (TPSA) is 60.0 Å². The highest BCUT2D eigenvalue weighted by Gasteiger charge is 2.27. The molecular weight excluding hydrogens is 465 g/mol. The number of halogens is 1. The van der Waals surface area contributed by atoms with Gasteiger partial charge in [-0.15, -0.1) is 24.0 Å². The van der Waals surface area contributed by atoms with Crippen LogP contribution in [0.25, 0.3) is 0 Å². The Morgan fingerprint density at radius 1 is 1.11 bits per heavy atom. The fourth-order valence-electron chi connectivity index (χ4n) is 3.34. The number of piperidine rings is 1. The number of nitrogens with one attached hydrogen (secondary N) is 2. The summed E-state index contributed by atoms with van der Waals surface area (Å²) in [5.41, 5.74) is 1.92. The summed E-state index contributed by atoms with van der Waals surface area (Å²) in [5, 5.41) is 6.82. The quantitative estimate of drug-likeness (QED) is 0.358. The Kier molecular flexibility index (Phi) is 10.2. The van der Waals surface area contributed by atoms with Crippen LogP contribution >= 0.6 is 24.0 Å². The van der Waals surface area contributed by atoms with E-state index in [-0.39, 0.29) is 35.4 Å². The van der Waals surface area contributed by atoms with Gasteiger partial charge in [-0.25, -0.2) is 0 Å². The average molecular weight is 501 g/mol. The third-order valence-corrected chi connectivity index (χ3v) is 5.19. The van der Waals surface area contributed by atoms with E-state index in [1.807, 2.05) is 24.3 Å². The Morgan fingerprint density at radius 3 is 2.25 bits per heavy atom. The van der Waals surface area contributed by atoms with E-state index < -0.39 is 0 Å². The smallest absolute Gasteiger partial charge is 0.253 e. The SMILES string of the molecule is CN=C(NCc1ccc(C(=O)N(C)C)cc1)NCC(C)(C)N1CCCCC1.I. The Hall–Kier alpha value is -1.35. The zero-order valence-corrected chi connectivity index (χ0v) is 20.2. The van der Waals surface area contributed by atoms with Gasteiger partial charge in [-0.1, -0.05) is 18.6 Å². The first-order chi connectivity index (χ1) is 12.8. The number of aliphatic imine (C=N–C) groups is 1.